The van der Waals surface area contributed by atoms with Crippen LogP contribution >= 0.6 is 0 Å². The third-order valence-electron chi connectivity index (χ3n) is 15.3. The number of nitrogens with one attached hydrogen (secondary N) is 2. The molecule has 262 valence electrons. The Hall–Kier alpha value is -2.70. The number of aliphatic hydroxyl groups is 1. The van der Waals surface area contributed by atoms with Crippen LogP contribution in [-0.2, 0) is 4.79 Å². The van der Waals surface area contributed by atoms with E-state index in [-0.39, 0.29) is 45.5 Å². The number of amides is 1. The first-order chi connectivity index (χ1) is 22.7. The lowest BCUT2D eigenvalue weighted by Gasteiger charge is -2.72. The van der Waals surface area contributed by atoms with E-state index >= 15 is 0 Å². The zero-order chi connectivity index (χ0) is 34.7. The molecule has 5 aliphatic rings. The Balaban J connectivity index is 1.33. The lowest BCUT2D eigenvalue weighted by molar-refractivity contribution is -0.213. The monoisotopic (exact) mass is 656 g/mol. The van der Waals surface area contributed by atoms with E-state index in [0.717, 1.165) is 56.9 Å². The summed E-state index contributed by atoms with van der Waals surface area (Å²) in [6, 6.07) is 7.49. The van der Waals surface area contributed by atoms with Crippen molar-refractivity contribution in [1.29, 1.82) is 0 Å². The summed E-state index contributed by atoms with van der Waals surface area (Å²) >= 11 is 0. The summed E-state index contributed by atoms with van der Waals surface area (Å²) in [4.78, 5) is 25.8. The van der Waals surface area contributed by atoms with E-state index < -0.39 is 5.97 Å². The molecule has 0 spiro atoms. The minimum absolute atomic E-state index is 0.0279. The first-order valence-corrected chi connectivity index (χ1v) is 18.7. The number of hydrogen-bond acceptors (Lipinski definition) is 4. The number of aliphatic hydroxyl groups excluding tert-OH is 1. The van der Waals surface area contributed by atoms with Gasteiger partial charge in [0, 0.05) is 19.6 Å². The van der Waals surface area contributed by atoms with E-state index in [1.54, 1.807) is 12.1 Å². The molecule has 6 rings (SSSR count). The van der Waals surface area contributed by atoms with Crippen LogP contribution < -0.4 is 10.6 Å². The number of rotatable bonds is 10. The molecule has 0 aromatic heterocycles. The van der Waals surface area contributed by atoms with E-state index in [1.807, 2.05) is 12.1 Å². The van der Waals surface area contributed by atoms with Gasteiger partial charge in [0.25, 0.3) is 0 Å². The molecule has 0 radical (unpaired) electrons. The van der Waals surface area contributed by atoms with Gasteiger partial charge >= 0.3 is 5.97 Å². The number of allylic oxidation sites excluding steroid dienone is 4. The number of fused-ring (bicyclic) bond motifs is 7. The predicted octanol–water partition coefficient (Wildman–Crippen LogP) is 7.90. The number of carboxylic acid groups (broad SMARTS) is 1. The summed E-state index contributed by atoms with van der Waals surface area (Å²) < 4.78 is 0. The summed E-state index contributed by atoms with van der Waals surface area (Å²) in [7, 11) is 0. The van der Waals surface area contributed by atoms with Gasteiger partial charge in [-0.2, -0.15) is 0 Å². The van der Waals surface area contributed by atoms with Crippen LogP contribution in [0.5, 0.6) is 0 Å². The fourth-order valence-corrected chi connectivity index (χ4v) is 13.2. The highest BCUT2D eigenvalue weighted by Gasteiger charge is 2.72. The van der Waals surface area contributed by atoms with Crippen LogP contribution in [0.3, 0.4) is 0 Å². The molecular formula is C42H60N2O4. The van der Waals surface area contributed by atoms with Gasteiger partial charge in [-0.25, -0.2) is 4.79 Å². The van der Waals surface area contributed by atoms with E-state index in [1.165, 1.54) is 17.6 Å². The molecule has 0 saturated heterocycles. The van der Waals surface area contributed by atoms with Gasteiger partial charge in [0.1, 0.15) is 0 Å². The highest BCUT2D eigenvalue weighted by Crippen LogP contribution is 2.78. The van der Waals surface area contributed by atoms with Gasteiger partial charge in [0.15, 0.2) is 0 Å². The van der Waals surface area contributed by atoms with Gasteiger partial charge in [0.05, 0.1) is 17.6 Å². The van der Waals surface area contributed by atoms with Crippen molar-refractivity contribution in [3.8, 4) is 0 Å². The van der Waals surface area contributed by atoms with E-state index in [4.69, 9.17) is 5.11 Å². The summed E-state index contributed by atoms with van der Waals surface area (Å²) in [6.45, 7) is 23.2. The maximum atomic E-state index is 14.3. The predicted molar refractivity (Wildman–Crippen MR) is 193 cm³/mol. The Morgan fingerprint density at radius 2 is 1.67 bits per heavy atom. The summed E-state index contributed by atoms with van der Waals surface area (Å²) in [6.07, 6.45) is 14.4. The molecular weight excluding hydrogens is 596 g/mol. The Morgan fingerprint density at radius 1 is 0.938 bits per heavy atom. The molecule has 1 aromatic rings. The average molecular weight is 657 g/mol. The lowest BCUT2D eigenvalue weighted by Crippen LogP contribution is -2.66. The molecule has 0 bridgehead atoms. The third kappa shape index (κ3) is 5.01. The summed E-state index contributed by atoms with van der Waals surface area (Å²) in [5.41, 5.74) is 3.86. The molecule has 6 nitrogen and oxygen atoms in total. The fourth-order valence-electron chi connectivity index (χ4n) is 13.2. The fraction of sp³-hybridized carbons (Fsp3) is 0.667. The van der Waals surface area contributed by atoms with Crippen molar-refractivity contribution in [2.75, 3.05) is 26.2 Å². The van der Waals surface area contributed by atoms with Crippen molar-refractivity contribution in [2.24, 2.45) is 56.7 Å². The van der Waals surface area contributed by atoms with Crippen LogP contribution in [0.15, 0.2) is 55.1 Å². The zero-order valence-corrected chi connectivity index (χ0v) is 30.2. The standard InChI is InChI=1S/C42H60N2O4/c1-8-42-22-21-41(37(48)44-24-23-43-25-26-45)20-15-30(27(2)3)35(41)32(42)13-14-34-39(6)18-16-31(28-9-11-29(12-10-28)36(46)47)38(4,5)33(39)17-19-40(34,42)7/h8-12,16,30,32-35,43,45H,1-2,13-15,17-26H2,3-7H3,(H,44,48)(H,46,47). The average Bonchev–Trinajstić information content (AvgIpc) is 3.46. The minimum Gasteiger partial charge on any atom is -0.478 e. The quantitative estimate of drug-likeness (QED) is 0.152. The van der Waals surface area contributed by atoms with Gasteiger partial charge in [0.2, 0.25) is 5.91 Å². The molecule has 1 amide bonds. The van der Waals surface area contributed by atoms with E-state index in [2.05, 4.69) is 70.6 Å². The van der Waals surface area contributed by atoms with Gasteiger partial charge in [-0.1, -0.05) is 64.1 Å². The topological polar surface area (TPSA) is 98.7 Å². The number of carbonyl (C=O) groups is 2. The molecule has 0 heterocycles. The Bertz CT molecular complexity index is 1480. The first-order valence-electron chi connectivity index (χ1n) is 18.7. The minimum atomic E-state index is -0.886. The second-order valence-electron chi connectivity index (χ2n) is 17.3. The lowest BCUT2D eigenvalue weighted by atomic mass is 9.32. The normalized spacial score (nSPS) is 39.5. The van der Waals surface area contributed by atoms with Crippen molar-refractivity contribution < 1.29 is 19.8 Å². The Morgan fingerprint density at radius 3 is 2.31 bits per heavy atom. The molecule has 5 aliphatic carbocycles. The van der Waals surface area contributed by atoms with Crippen molar-refractivity contribution >= 4 is 17.4 Å². The van der Waals surface area contributed by atoms with Gasteiger partial charge in [-0.15, -0.1) is 6.58 Å². The number of benzene rings is 1. The van der Waals surface area contributed by atoms with Gasteiger partial charge in [-0.3, -0.25) is 4.79 Å². The highest BCUT2D eigenvalue weighted by molar-refractivity contribution is 5.88. The molecule has 9 atom stereocenters. The van der Waals surface area contributed by atoms with E-state index in [9.17, 15) is 14.7 Å². The van der Waals surface area contributed by atoms with Crippen molar-refractivity contribution in [3.05, 3.63) is 66.3 Å². The second kappa shape index (κ2) is 12.6. The molecule has 4 N–H and O–H groups in total. The molecule has 4 saturated carbocycles. The van der Waals surface area contributed by atoms with Crippen LogP contribution in [0.4, 0.5) is 0 Å². The van der Waals surface area contributed by atoms with Crippen LogP contribution in [-0.4, -0.2) is 48.3 Å². The third-order valence-corrected chi connectivity index (χ3v) is 15.3. The van der Waals surface area contributed by atoms with Gasteiger partial charge < -0.3 is 20.8 Å². The summed E-state index contributed by atoms with van der Waals surface area (Å²) in [5, 5.41) is 25.2. The second-order valence-corrected chi connectivity index (χ2v) is 17.3. The van der Waals surface area contributed by atoms with Gasteiger partial charge in [-0.05, 0) is 139 Å². The van der Waals surface area contributed by atoms with Crippen LogP contribution in [0.25, 0.3) is 5.57 Å². The number of aromatic carboxylic acids is 1. The van der Waals surface area contributed by atoms with Crippen LogP contribution in [0, 0.1) is 56.7 Å². The largest absolute Gasteiger partial charge is 0.478 e. The van der Waals surface area contributed by atoms with E-state index in [0.29, 0.717) is 48.9 Å². The maximum Gasteiger partial charge on any atom is 0.335 e. The zero-order valence-electron chi connectivity index (χ0n) is 30.2. The molecule has 9 unspecified atom stereocenters. The first kappa shape index (κ1) is 35.1. The molecule has 4 fully saturated rings. The molecule has 48 heavy (non-hydrogen) atoms. The number of hydrogen-bond donors (Lipinski definition) is 4. The summed E-state index contributed by atoms with van der Waals surface area (Å²) in [5.74, 6) is 1.44. The van der Waals surface area contributed by atoms with Crippen molar-refractivity contribution in [2.45, 2.75) is 92.4 Å². The molecule has 1 aromatic carbocycles. The Labute approximate surface area is 288 Å². The van der Waals surface area contributed by atoms with Crippen molar-refractivity contribution in [3.63, 3.8) is 0 Å². The SMILES string of the molecule is C=CC12CCC3(C(=O)NCCNCCO)CCC(C(=C)C)C3C1CCC1C3(C)CC=C(c4ccc(C(=O)O)cc4)C(C)(C)C3CCC12C. The van der Waals surface area contributed by atoms with Crippen LogP contribution in [0.2, 0.25) is 0 Å². The number of carbonyl (C=O) groups excluding carboxylic acids is 1. The van der Waals surface area contributed by atoms with Crippen LogP contribution in [0.1, 0.15) is 108 Å². The number of carboxylic acids is 1. The highest BCUT2D eigenvalue weighted by atomic mass is 16.4. The molecule has 6 heteroatoms. The smallest absolute Gasteiger partial charge is 0.335 e. The van der Waals surface area contributed by atoms with Crippen molar-refractivity contribution in [1.82, 2.24) is 10.6 Å². The molecule has 0 aliphatic heterocycles. The maximum absolute atomic E-state index is 14.3. The Kier molecular flexibility index (Phi) is 9.20.